The van der Waals surface area contributed by atoms with Crippen molar-refractivity contribution in [3.8, 4) is 22.9 Å². The minimum atomic E-state index is -0.220. The molecule has 10 heteroatoms. The SMILES string of the molecule is CCC(=O)C1=C(c2ccc(OC)c(OC)c2)N(C(=O)CC)n2c(nnc2-c2ccc(Cl)cc2)S1. The van der Waals surface area contributed by atoms with Crippen LogP contribution in [0.25, 0.3) is 17.1 Å². The highest BCUT2D eigenvalue weighted by atomic mass is 35.5. The lowest BCUT2D eigenvalue weighted by molar-refractivity contribution is -0.118. The average Bonchev–Trinajstić information content (AvgIpc) is 3.30. The Hall–Kier alpha value is -3.30. The van der Waals surface area contributed by atoms with Crippen molar-refractivity contribution < 1.29 is 19.1 Å². The molecular weight excluding hydrogens is 476 g/mol. The number of hydrogen-bond donors (Lipinski definition) is 0. The van der Waals surface area contributed by atoms with E-state index in [4.69, 9.17) is 21.1 Å². The summed E-state index contributed by atoms with van der Waals surface area (Å²) in [7, 11) is 3.09. The van der Waals surface area contributed by atoms with E-state index in [9.17, 15) is 9.59 Å². The van der Waals surface area contributed by atoms with Gasteiger partial charge in [0.25, 0.3) is 0 Å². The van der Waals surface area contributed by atoms with Crippen molar-refractivity contribution in [2.45, 2.75) is 31.8 Å². The van der Waals surface area contributed by atoms with Crippen LogP contribution in [0.3, 0.4) is 0 Å². The molecule has 176 valence electrons. The molecule has 0 aliphatic carbocycles. The number of thioether (sulfide) groups is 1. The lowest BCUT2D eigenvalue weighted by Crippen LogP contribution is -2.42. The summed E-state index contributed by atoms with van der Waals surface area (Å²) in [5, 5.41) is 11.1. The van der Waals surface area contributed by atoms with Gasteiger partial charge in [0.1, 0.15) is 0 Å². The van der Waals surface area contributed by atoms with Crippen LogP contribution in [-0.2, 0) is 9.59 Å². The minimum Gasteiger partial charge on any atom is -0.493 e. The van der Waals surface area contributed by atoms with Gasteiger partial charge in [-0.2, -0.15) is 4.68 Å². The molecule has 1 aliphatic heterocycles. The molecule has 0 bridgehead atoms. The number of methoxy groups -OCH3 is 2. The fourth-order valence-corrected chi connectivity index (χ4v) is 4.80. The number of amides is 1. The number of ether oxygens (including phenoxy) is 2. The van der Waals surface area contributed by atoms with Crippen molar-refractivity contribution in [2.75, 3.05) is 19.2 Å². The summed E-state index contributed by atoms with van der Waals surface area (Å²) in [6.45, 7) is 3.55. The van der Waals surface area contributed by atoms with Crippen LogP contribution in [0.4, 0.5) is 0 Å². The maximum atomic E-state index is 13.4. The fourth-order valence-electron chi connectivity index (χ4n) is 3.60. The molecule has 8 nitrogen and oxygen atoms in total. The molecule has 0 unspecified atom stereocenters. The molecule has 1 aromatic heterocycles. The third-order valence-electron chi connectivity index (χ3n) is 5.30. The molecule has 0 radical (unpaired) electrons. The van der Waals surface area contributed by atoms with E-state index in [1.165, 1.54) is 23.9 Å². The Labute approximate surface area is 206 Å². The number of benzene rings is 2. The van der Waals surface area contributed by atoms with Crippen molar-refractivity contribution in [1.29, 1.82) is 0 Å². The first-order valence-corrected chi connectivity index (χ1v) is 11.8. The Balaban J connectivity index is 1.99. The van der Waals surface area contributed by atoms with E-state index in [1.807, 2.05) is 12.1 Å². The largest absolute Gasteiger partial charge is 0.493 e. The van der Waals surface area contributed by atoms with Crippen LogP contribution in [0.5, 0.6) is 11.5 Å². The number of carbonyl (C=O) groups is 2. The highest BCUT2D eigenvalue weighted by Crippen LogP contribution is 2.43. The quantitative estimate of drug-likeness (QED) is 0.455. The summed E-state index contributed by atoms with van der Waals surface area (Å²) in [4.78, 5) is 26.9. The molecule has 0 atom stereocenters. The highest BCUT2D eigenvalue weighted by Gasteiger charge is 2.36. The molecule has 1 aliphatic rings. The number of aromatic nitrogens is 3. The Kier molecular flexibility index (Phi) is 6.95. The molecular formula is C24H23ClN4O4S. The van der Waals surface area contributed by atoms with Gasteiger partial charge in [-0.25, -0.2) is 5.01 Å². The normalized spacial score (nSPS) is 13.0. The number of hydrogen-bond acceptors (Lipinski definition) is 7. The van der Waals surface area contributed by atoms with Crippen molar-refractivity contribution in [1.82, 2.24) is 14.9 Å². The van der Waals surface area contributed by atoms with Crippen molar-refractivity contribution >= 4 is 40.8 Å². The van der Waals surface area contributed by atoms with Crippen molar-refractivity contribution in [3.63, 3.8) is 0 Å². The lowest BCUT2D eigenvalue weighted by Gasteiger charge is -2.33. The number of Topliss-reactive ketones (excluding diaryl/α,β-unsaturated/α-hetero) is 1. The third kappa shape index (κ3) is 4.17. The minimum absolute atomic E-state index is 0.106. The van der Waals surface area contributed by atoms with Crippen LogP contribution < -0.4 is 14.5 Å². The van der Waals surface area contributed by atoms with Crippen LogP contribution in [-0.4, -0.2) is 40.8 Å². The second-order valence-electron chi connectivity index (χ2n) is 7.31. The number of fused-ring (bicyclic) bond motifs is 1. The molecule has 1 amide bonds. The van der Waals surface area contributed by atoms with Crippen LogP contribution in [0.2, 0.25) is 5.02 Å². The number of nitrogens with zero attached hydrogens (tertiary/aromatic N) is 4. The summed E-state index contributed by atoms with van der Waals surface area (Å²) in [5.41, 5.74) is 1.81. The number of allylic oxidation sites excluding steroid dienone is 1. The van der Waals surface area contributed by atoms with Gasteiger partial charge in [-0.15, -0.1) is 10.2 Å². The van der Waals surface area contributed by atoms with Crippen LogP contribution in [0.1, 0.15) is 32.3 Å². The predicted octanol–water partition coefficient (Wildman–Crippen LogP) is 4.94. The van der Waals surface area contributed by atoms with E-state index in [-0.39, 0.29) is 24.5 Å². The second-order valence-corrected chi connectivity index (χ2v) is 8.72. The smallest absolute Gasteiger partial charge is 0.246 e. The molecule has 0 saturated carbocycles. The lowest BCUT2D eigenvalue weighted by atomic mass is 10.1. The molecule has 0 N–H and O–H groups in total. The van der Waals surface area contributed by atoms with E-state index >= 15 is 0 Å². The zero-order valence-corrected chi connectivity index (χ0v) is 20.7. The van der Waals surface area contributed by atoms with Gasteiger partial charge < -0.3 is 9.47 Å². The zero-order chi connectivity index (χ0) is 24.4. The van der Waals surface area contributed by atoms with Gasteiger partial charge in [-0.05, 0) is 54.2 Å². The molecule has 34 heavy (non-hydrogen) atoms. The van der Waals surface area contributed by atoms with Gasteiger partial charge in [0.15, 0.2) is 23.1 Å². The summed E-state index contributed by atoms with van der Waals surface area (Å²) in [6.07, 6.45) is 0.470. The van der Waals surface area contributed by atoms with E-state index in [0.717, 1.165) is 5.56 Å². The first-order chi connectivity index (χ1) is 16.4. The van der Waals surface area contributed by atoms with Crippen molar-refractivity contribution in [3.05, 3.63) is 58.0 Å². The van der Waals surface area contributed by atoms with Gasteiger partial charge in [-0.1, -0.05) is 25.4 Å². The van der Waals surface area contributed by atoms with Gasteiger partial charge in [0.05, 0.1) is 24.8 Å². The second kappa shape index (κ2) is 9.90. The van der Waals surface area contributed by atoms with Gasteiger partial charge in [0, 0.05) is 29.0 Å². The number of ketones is 1. The standard InChI is InChI=1S/C24H23ClN4O4S/c1-5-17(30)22-21(15-9-12-18(32-3)19(13-15)33-4)28(20(31)6-2)29-23(26-27-24(29)34-22)14-7-10-16(25)11-8-14/h7-13H,5-6H2,1-4H3. The Morgan fingerprint density at radius 2 is 1.62 bits per heavy atom. The maximum absolute atomic E-state index is 13.4. The maximum Gasteiger partial charge on any atom is 0.246 e. The van der Waals surface area contributed by atoms with Crippen molar-refractivity contribution in [2.24, 2.45) is 0 Å². The molecule has 0 fully saturated rings. The first kappa shape index (κ1) is 23.8. The van der Waals surface area contributed by atoms with Crippen LogP contribution in [0.15, 0.2) is 52.5 Å². The van der Waals surface area contributed by atoms with E-state index < -0.39 is 0 Å². The molecule has 2 aromatic carbocycles. The number of rotatable bonds is 7. The Morgan fingerprint density at radius 3 is 2.24 bits per heavy atom. The van der Waals surface area contributed by atoms with Gasteiger partial charge >= 0.3 is 0 Å². The Bertz CT molecular complexity index is 1290. The highest BCUT2D eigenvalue weighted by molar-refractivity contribution is 8.04. The van der Waals surface area contributed by atoms with E-state index in [2.05, 4.69) is 10.2 Å². The summed E-state index contributed by atoms with van der Waals surface area (Å²) < 4.78 is 12.5. The number of halogens is 1. The third-order valence-corrected chi connectivity index (χ3v) is 6.62. The Morgan fingerprint density at radius 1 is 0.941 bits per heavy atom. The molecule has 0 spiro atoms. The topological polar surface area (TPSA) is 86.5 Å². The summed E-state index contributed by atoms with van der Waals surface area (Å²) >= 11 is 7.26. The number of carbonyl (C=O) groups excluding carboxylic acids is 2. The van der Waals surface area contributed by atoms with E-state index in [0.29, 0.717) is 43.7 Å². The van der Waals surface area contributed by atoms with E-state index in [1.54, 1.807) is 56.0 Å². The molecule has 3 aromatic rings. The average molecular weight is 499 g/mol. The first-order valence-electron chi connectivity index (χ1n) is 10.7. The van der Waals surface area contributed by atoms with Crippen LogP contribution in [0, 0.1) is 0 Å². The molecule has 2 heterocycles. The summed E-state index contributed by atoms with van der Waals surface area (Å²) in [5.74, 6) is 1.16. The monoisotopic (exact) mass is 498 g/mol. The zero-order valence-electron chi connectivity index (χ0n) is 19.2. The van der Waals surface area contributed by atoms with Crippen LogP contribution >= 0.6 is 23.4 Å². The predicted molar refractivity (Wildman–Crippen MR) is 132 cm³/mol. The van der Waals surface area contributed by atoms with Gasteiger partial charge in [-0.3, -0.25) is 9.59 Å². The summed E-state index contributed by atoms with van der Waals surface area (Å²) in [6, 6.07) is 12.4. The van der Waals surface area contributed by atoms with Gasteiger partial charge in [0.2, 0.25) is 11.1 Å². The fraction of sp³-hybridized carbons (Fsp3) is 0.250. The molecule has 0 saturated heterocycles. The molecule has 4 rings (SSSR count).